The number of carbonyl (C=O) groups is 4. The molecule has 0 fully saturated rings. The molecule has 0 bridgehead atoms. The van der Waals surface area contributed by atoms with Gasteiger partial charge in [-0.15, -0.1) is 0 Å². The molecule has 1 aromatic carbocycles. The second-order valence-corrected chi connectivity index (χ2v) is 9.54. The molecule has 2 atom stereocenters. The van der Waals surface area contributed by atoms with Crippen LogP contribution >= 0.6 is 0 Å². The van der Waals surface area contributed by atoms with Crippen LogP contribution in [0.2, 0.25) is 0 Å². The summed E-state index contributed by atoms with van der Waals surface area (Å²) < 4.78 is 5.20. The number of nitrogens with two attached hydrogens (primary N) is 1. The number of hydrogen-bond acceptors (Lipinski definition) is 7. The lowest BCUT2D eigenvalue weighted by Gasteiger charge is -2.34. The van der Waals surface area contributed by atoms with Gasteiger partial charge in [-0.25, -0.2) is 4.79 Å². The lowest BCUT2D eigenvalue weighted by atomic mass is 9.98. The van der Waals surface area contributed by atoms with Crippen molar-refractivity contribution in [2.45, 2.75) is 78.0 Å². The first-order valence-corrected chi connectivity index (χ1v) is 12.1. The van der Waals surface area contributed by atoms with E-state index in [1.54, 1.807) is 39.8 Å². The quantitative estimate of drug-likeness (QED) is 0.252. The molecule has 0 aliphatic heterocycles. The fourth-order valence-electron chi connectivity index (χ4n) is 3.56. The average molecular weight is 509 g/mol. The summed E-state index contributed by atoms with van der Waals surface area (Å²) in [5.74, 6) is -2.48. The van der Waals surface area contributed by atoms with E-state index in [2.05, 4.69) is 10.6 Å². The zero-order valence-electron chi connectivity index (χ0n) is 21.8. The van der Waals surface area contributed by atoms with E-state index in [1.165, 1.54) is 6.07 Å². The zero-order chi connectivity index (χ0) is 27.5. The van der Waals surface area contributed by atoms with Crippen LogP contribution in [0.4, 0.5) is 4.79 Å². The number of para-hydroxylation sites is 1. The fraction of sp³-hybridized carbons (Fsp3) is 0.600. The molecule has 36 heavy (non-hydrogen) atoms. The number of alkyl carbamates (subject to hydrolysis) is 1. The van der Waals surface area contributed by atoms with Crippen LogP contribution < -0.4 is 16.4 Å². The molecular weight excluding hydrogens is 468 g/mol. The summed E-state index contributed by atoms with van der Waals surface area (Å²) in [7, 11) is 0. The maximum absolute atomic E-state index is 13.6. The largest absolute Gasteiger partial charge is 0.507 e. The molecule has 0 radical (unpaired) electrons. The number of rotatable bonds is 13. The number of aliphatic hydroxyl groups is 1. The molecule has 11 nitrogen and oxygen atoms in total. The fourth-order valence-corrected chi connectivity index (χ4v) is 3.56. The highest BCUT2D eigenvalue weighted by Crippen LogP contribution is 2.32. The SMILES string of the molecule is CCCCCNC(=O)C(c1cccc(C)c1O)N(CCO)C(=O)C(CC(N)=O)NC(=O)OC(C)(C)C. The van der Waals surface area contributed by atoms with Gasteiger partial charge in [-0.05, 0) is 39.7 Å². The smallest absolute Gasteiger partial charge is 0.408 e. The molecule has 202 valence electrons. The number of phenolic OH excluding ortho intramolecular Hbond substituents is 1. The van der Waals surface area contributed by atoms with Crippen molar-refractivity contribution >= 4 is 23.8 Å². The molecule has 0 aromatic heterocycles. The van der Waals surface area contributed by atoms with Crippen molar-refractivity contribution in [1.29, 1.82) is 0 Å². The lowest BCUT2D eigenvalue weighted by Crippen LogP contribution is -2.54. The Morgan fingerprint density at radius 2 is 1.83 bits per heavy atom. The molecular formula is C25H40N4O7. The normalized spacial score (nSPS) is 12.8. The zero-order valence-corrected chi connectivity index (χ0v) is 21.8. The van der Waals surface area contributed by atoms with Gasteiger partial charge in [0.1, 0.15) is 23.4 Å². The molecule has 0 spiro atoms. The second-order valence-electron chi connectivity index (χ2n) is 9.54. The van der Waals surface area contributed by atoms with E-state index >= 15 is 0 Å². The molecule has 11 heteroatoms. The van der Waals surface area contributed by atoms with Crippen molar-refractivity contribution in [2.75, 3.05) is 19.7 Å². The Balaban J connectivity index is 3.45. The molecule has 1 rings (SSSR count). The number of unbranched alkanes of at least 4 members (excludes halogenated alkanes) is 2. The lowest BCUT2D eigenvalue weighted by molar-refractivity contribution is -0.144. The second kappa shape index (κ2) is 14.3. The number of amides is 4. The van der Waals surface area contributed by atoms with Gasteiger partial charge in [-0.3, -0.25) is 14.4 Å². The number of nitrogens with zero attached hydrogens (tertiary/aromatic N) is 1. The highest BCUT2D eigenvalue weighted by Gasteiger charge is 2.38. The van der Waals surface area contributed by atoms with Crippen molar-refractivity contribution in [3.05, 3.63) is 29.3 Å². The van der Waals surface area contributed by atoms with Crippen molar-refractivity contribution in [1.82, 2.24) is 15.5 Å². The summed E-state index contributed by atoms with van der Waals surface area (Å²) in [6.45, 7) is 8.08. The van der Waals surface area contributed by atoms with Gasteiger partial charge in [0.15, 0.2) is 0 Å². The predicted octanol–water partition coefficient (Wildman–Crippen LogP) is 1.64. The van der Waals surface area contributed by atoms with Gasteiger partial charge in [0.25, 0.3) is 0 Å². The van der Waals surface area contributed by atoms with E-state index in [0.29, 0.717) is 18.5 Å². The Bertz CT molecular complexity index is 914. The number of benzene rings is 1. The molecule has 0 aliphatic rings. The highest BCUT2D eigenvalue weighted by atomic mass is 16.6. The Labute approximate surface area is 212 Å². The monoisotopic (exact) mass is 508 g/mol. The Kier molecular flexibility index (Phi) is 12.2. The van der Waals surface area contributed by atoms with Crippen LogP contribution in [0, 0.1) is 6.92 Å². The third kappa shape index (κ3) is 9.73. The van der Waals surface area contributed by atoms with Gasteiger partial charge < -0.3 is 36.2 Å². The number of nitrogens with one attached hydrogen (secondary N) is 2. The van der Waals surface area contributed by atoms with Crippen molar-refractivity contribution in [3.63, 3.8) is 0 Å². The van der Waals surface area contributed by atoms with Crippen molar-refractivity contribution in [2.24, 2.45) is 5.73 Å². The topological polar surface area (TPSA) is 171 Å². The summed E-state index contributed by atoms with van der Waals surface area (Å²) in [6.07, 6.45) is 1.03. The number of aromatic hydroxyl groups is 1. The number of phenols is 1. The molecule has 2 unspecified atom stereocenters. The van der Waals surface area contributed by atoms with Crippen LogP contribution in [0.1, 0.15) is 70.5 Å². The van der Waals surface area contributed by atoms with E-state index in [9.17, 15) is 29.4 Å². The number of aryl methyl sites for hydroxylation is 1. The Morgan fingerprint density at radius 3 is 2.39 bits per heavy atom. The third-order valence-electron chi connectivity index (χ3n) is 5.22. The van der Waals surface area contributed by atoms with Gasteiger partial charge in [-0.1, -0.05) is 38.0 Å². The molecule has 0 saturated carbocycles. The van der Waals surface area contributed by atoms with Crippen LogP contribution in [0.15, 0.2) is 18.2 Å². The number of ether oxygens (including phenoxy) is 1. The maximum atomic E-state index is 13.6. The maximum Gasteiger partial charge on any atom is 0.408 e. The average Bonchev–Trinajstić information content (AvgIpc) is 2.76. The van der Waals surface area contributed by atoms with E-state index in [4.69, 9.17) is 10.5 Å². The number of hydrogen-bond donors (Lipinski definition) is 5. The van der Waals surface area contributed by atoms with Crippen LogP contribution in [0.3, 0.4) is 0 Å². The summed E-state index contributed by atoms with van der Waals surface area (Å²) in [6, 6.07) is 1.96. The number of aliphatic hydroxyl groups excluding tert-OH is 1. The van der Waals surface area contributed by atoms with Gasteiger partial charge >= 0.3 is 6.09 Å². The first-order chi connectivity index (χ1) is 16.8. The molecule has 0 heterocycles. The Morgan fingerprint density at radius 1 is 1.17 bits per heavy atom. The van der Waals surface area contributed by atoms with Gasteiger partial charge in [0.2, 0.25) is 17.7 Å². The summed E-state index contributed by atoms with van der Waals surface area (Å²) in [4.78, 5) is 52.1. The molecule has 6 N–H and O–H groups in total. The summed E-state index contributed by atoms with van der Waals surface area (Å²) >= 11 is 0. The summed E-state index contributed by atoms with van der Waals surface area (Å²) in [5, 5.41) is 25.6. The van der Waals surface area contributed by atoms with Gasteiger partial charge in [0, 0.05) is 18.7 Å². The minimum absolute atomic E-state index is 0.139. The van der Waals surface area contributed by atoms with E-state index in [0.717, 1.165) is 17.7 Å². The standard InChI is InChI=1S/C25H40N4O7/c1-6-7-8-12-27-22(33)20(17-11-9-10-16(2)21(17)32)29(13-14-30)23(34)18(15-19(26)31)28-24(35)36-25(3,4)5/h9-11,18,20,30,32H,6-8,12-15H2,1-5H3,(H2,26,31)(H,27,33)(H,28,35). The predicted molar refractivity (Wildman–Crippen MR) is 134 cm³/mol. The van der Waals surface area contributed by atoms with Crippen LogP contribution in [-0.4, -0.2) is 70.3 Å². The van der Waals surface area contributed by atoms with E-state index < -0.39 is 54.5 Å². The molecule has 1 aromatic rings. The molecule has 0 aliphatic carbocycles. The van der Waals surface area contributed by atoms with Crippen molar-refractivity contribution in [3.8, 4) is 5.75 Å². The minimum atomic E-state index is -1.47. The van der Waals surface area contributed by atoms with Crippen molar-refractivity contribution < 1.29 is 34.1 Å². The number of primary amides is 1. The highest BCUT2D eigenvalue weighted by molar-refractivity contribution is 5.94. The van der Waals surface area contributed by atoms with Crippen LogP contribution in [0.25, 0.3) is 0 Å². The van der Waals surface area contributed by atoms with Gasteiger partial charge in [-0.2, -0.15) is 0 Å². The first-order valence-electron chi connectivity index (χ1n) is 12.1. The summed E-state index contributed by atoms with van der Waals surface area (Å²) in [5.41, 5.74) is 5.07. The molecule has 0 saturated heterocycles. The Hall–Kier alpha value is -3.34. The minimum Gasteiger partial charge on any atom is -0.507 e. The molecule has 4 amide bonds. The van der Waals surface area contributed by atoms with E-state index in [-0.39, 0.29) is 17.9 Å². The van der Waals surface area contributed by atoms with E-state index in [1.807, 2.05) is 6.92 Å². The number of carbonyl (C=O) groups excluding carboxylic acids is 4. The van der Waals surface area contributed by atoms with Gasteiger partial charge in [0.05, 0.1) is 13.0 Å². The first kappa shape index (κ1) is 30.7. The van der Waals surface area contributed by atoms with Crippen LogP contribution in [-0.2, 0) is 19.1 Å². The van der Waals surface area contributed by atoms with Crippen LogP contribution in [0.5, 0.6) is 5.75 Å². The third-order valence-corrected chi connectivity index (χ3v) is 5.22.